The van der Waals surface area contributed by atoms with Gasteiger partial charge in [0.2, 0.25) is 10.0 Å². The van der Waals surface area contributed by atoms with E-state index in [1.54, 1.807) is 30.8 Å². The molecule has 8 nitrogen and oxygen atoms in total. The maximum absolute atomic E-state index is 13.1. The highest BCUT2D eigenvalue weighted by atomic mass is 32.2. The number of piperidine rings is 1. The summed E-state index contributed by atoms with van der Waals surface area (Å²) < 4.78 is 28.9. The fraction of sp³-hybridized carbons (Fsp3) is 0.318. The van der Waals surface area contributed by atoms with Crippen molar-refractivity contribution in [2.75, 3.05) is 25.0 Å². The van der Waals surface area contributed by atoms with Gasteiger partial charge in [0.1, 0.15) is 10.6 Å². The molecule has 0 spiro atoms. The predicted octanol–water partition coefficient (Wildman–Crippen LogP) is 2.93. The van der Waals surface area contributed by atoms with E-state index in [4.69, 9.17) is 0 Å². The zero-order valence-electron chi connectivity index (χ0n) is 17.6. The second-order valence-corrected chi connectivity index (χ2v) is 9.58. The fourth-order valence-corrected chi connectivity index (χ4v) is 5.27. The van der Waals surface area contributed by atoms with Crippen LogP contribution in [-0.4, -0.2) is 53.5 Å². The van der Waals surface area contributed by atoms with Crippen LogP contribution < -0.4 is 4.90 Å². The SMILES string of the molecule is CN(C(=O)c1cc(S(=O)(=O)N2CCCCC2)cn1C)c1ccc(-c2ccccc2)nn1. The van der Waals surface area contributed by atoms with E-state index in [1.807, 2.05) is 30.3 Å². The van der Waals surface area contributed by atoms with E-state index in [0.717, 1.165) is 24.8 Å². The molecule has 1 aromatic carbocycles. The molecule has 4 rings (SSSR count). The van der Waals surface area contributed by atoms with Crippen molar-refractivity contribution in [3.05, 3.63) is 60.4 Å². The molecule has 162 valence electrons. The zero-order valence-corrected chi connectivity index (χ0v) is 18.4. The molecule has 0 atom stereocenters. The van der Waals surface area contributed by atoms with Crippen molar-refractivity contribution in [3.8, 4) is 11.3 Å². The van der Waals surface area contributed by atoms with Crippen molar-refractivity contribution >= 4 is 21.7 Å². The molecule has 3 heterocycles. The number of nitrogens with zero attached hydrogens (tertiary/aromatic N) is 5. The summed E-state index contributed by atoms with van der Waals surface area (Å²) >= 11 is 0. The van der Waals surface area contributed by atoms with Gasteiger partial charge in [-0.15, -0.1) is 10.2 Å². The van der Waals surface area contributed by atoms with Crippen LogP contribution in [0.1, 0.15) is 29.8 Å². The highest BCUT2D eigenvalue weighted by molar-refractivity contribution is 7.89. The number of aromatic nitrogens is 3. The lowest BCUT2D eigenvalue weighted by atomic mass is 10.1. The van der Waals surface area contributed by atoms with E-state index >= 15 is 0 Å². The van der Waals surface area contributed by atoms with Gasteiger partial charge in [-0.3, -0.25) is 9.69 Å². The smallest absolute Gasteiger partial charge is 0.275 e. The Labute approximate surface area is 182 Å². The number of anilines is 1. The van der Waals surface area contributed by atoms with Crippen LogP contribution in [0.15, 0.2) is 59.6 Å². The molecule has 0 bridgehead atoms. The summed E-state index contributed by atoms with van der Waals surface area (Å²) in [5, 5.41) is 8.40. The number of carbonyl (C=O) groups is 1. The summed E-state index contributed by atoms with van der Waals surface area (Å²) in [7, 11) is -0.345. The second-order valence-electron chi connectivity index (χ2n) is 7.64. The van der Waals surface area contributed by atoms with Gasteiger partial charge in [0.05, 0.1) is 5.69 Å². The van der Waals surface area contributed by atoms with E-state index in [-0.39, 0.29) is 16.5 Å². The summed E-state index contributed by atoms with van der Waals surface area (Å²) in [6, 6.07) is 14.6. The summed E-state index contributed by atoms with van der Waals surface area (Å²) in [4.78, 5) is 14.6. The van der Waals surface area contributed by atoms with E-state index < -0.39 is 10.0 Å². The van der Waals surface area contributed by atoms with Gasteiger partial charge >= 0.3 is 0 Å². The van der Waals surface area contributed by atoms with Crippen molar-refractivity contribution in [2.45, 2.75) is 24.2 Å². The van der Waals surface area contributed by atoms with Crippen molar-refractivity contribution in [2.24, 2.45) is 7.05 Å². The number of hydrogen-bond donors (Lipinski definition) is 0. The van der Waals surface area contributed by atoms with Crippen molar-refractivity contribution in [3.63, 3.8) is 0 Å². The van der Waals surface area contributed by atoms with Gasteiger partial charge in [0.25, 0.3) is 5.91 Å². The molecule has 0 unspecified atom stereocenters. The number of sulfonamides is 1. The molecule has 9 heteroatoms. The lowest BCUT2D eigenvalue weighted by molar-refractivity contribution is 0.0984. The van der Waals surface area contributed by atoms with Gasteiger partial charge in [-0.25, -0.2) is 8.42 Å². The van der Waals surface area contributed by atoms with Crippen LogP contribution in [0.4, 0.5) is 5.82 Å². The Morgan fingerprint density at radius 1 is 1.00 bits per heavy atom. The van der Waals surface area contributed by atoms with Gasteiger partial charge in [-0.2, -0.15) is 4.31 Å². The van der Waals surface area contributed by atoms with Crippen LogP contribution in [0.3, 0.4) is 0 Å². The quantitative estimate of drug-likeness (QED) is 0.610. The van der Waals surface area contributed by atoms with Crippen molar-refractivity contribution in [1.82, 2.24) is 19.1 Å². The molecule has 0 N–H and O–H groups in total. The number of amides is 1. The Kier molecular flexibility index (Phi) is 5.88. The molecule has 0 radical (unpaired) electrons. The van der Waals surface area contributed by atoms with E-state index in [2.05, 4.69) is 10.2 Å². The van der Waals surface area contributed by atoms with Crippen LogP contribution in [0, 0.1) is 0 Å². The Morgan fingerprint density at radius 3 is 2.35 bits per heavy atom. The third-order valence-electron chi connectivity index (χ3n) is 5.52. The number of rotatable bonds is 5. The van der Waals surface area contributed by atoms with Crippen LogP contribution in [0.5, 0.6) is 0 Å². The minimum absolute atomic E-state index is 0.138. The maximum Gasteiger partial charge on any atom is 0.275 e. The van der Waals surface area contributed by atoms with E-state index in [1.165, 1.54) is 21.5 Å². The highest BCUT2D eigenvalue weighted by Crippen LogP contribution is 2.24. The second kappa shape index (κ2) is 8.60. The molecule has 1 aliphatic heterocycles. The number of hydrogen-bond acceptors (Lipinski definition) is 5. The van der Waals surface area contributed by atoms with Crippen LogP contribution >= 0.6 is 0 Å². The number of benzene rings is 1. The maximum atomic E-state index is 13.1. The minimum atomic E-state index is -3.61. The molecule has 2 aromatic heterocycles. The third-order valence-corrected chi connectivity index (χ3v) is 7.38. The first-order valence-corrected chi connectivity index (χ1v) is 11.7. The van der Waals surface area contributed by atoms with E-state index in [9.17, 15) is 13.2 Å². The van der Waals surface area contributed by atoms with E-state index in [0.29, 0.717) is 24.6 Å². The Morgan fingerprint density at radius 2 is 1.71 bits per heavy atom. The van der Waals surface area contributed by atoms with Crippen LogP contribution in [-0.2, 0) is 17.1 Å². The molecule has 31 heavy (non-hydrogen) atoms. The summed E-state index contributed by atoms with van der Waals surface area (Å²) in [6.45, 7) is 1.04. The summed E-state index contributed by atoms with van der Waals surface area (Å²) in [5.41, 5.74) is 1.91. The molecule has 1 amide bonds. The Balaban J connectivity index is 1.55. The summed E-state index contributed by atoms with van der Waals surface area (Å²) in [5.74, 6) is 0.0238. The monoisotopic (exact) mass is 439 g/mol. The first-order chi connectivity index (χ1) is 14.9. The van der Waals surface area contributed by atoms with Crippen molar-refractivity contribution < 1.29 is 13.2 Å². The topological polar surface area (TPSA) is 88.4 Å². The third kappa shape index (κ3) is 4.24. The molecule has 1 saturated heterocycles. The molecular weight excluding hydrogens is 414 g/mol. The Hall–Kier alpha value is -3.04. The first-order valence-electron chi connectivity index (χ1n) is 10.2. The lowest BCUT2D eigenvalue weighted by Crippen LogP contribution is -2.35. The molecule has 0 aliphatic carbocycles. The van der Waals surface area contributed by atoms with Crippen molar-refractivity contribution in [1.29, 1.82) is 0 Å². The normalized spacial score (nSPS) is 15.0. The lowest BCUT2D eigenvalue weighted by Gasteiger charge is -2.25. The molecule has 1 fully saturated rings. The Bertz CT molecular complexity index is 1170. The van der Waals surface area contributed by atoms with Gasteiger partial charge in [0, 0.05) is 38.9 Å². The molecule has 0 saturated carbocycles. The summed E-state index contributed by atoms with van der Waals surface area (Å²) in [6.07, 6.45) is 4.26. The fourth-order valence-electron chi connectivity index (χ4n) is 3.69. The van der Waals surface area contributed by atoms with Crippen LogP contribution in [0.25, 0.3) is 11.3 Å². The van der Waals surface area contributed by atoms with Crippen LogP contribution in [0.2, 0.25) is 0 Å². The van der Waals surface area contributed by atoms with Gasteiger partial charge in [-0.1, -0.05) is 36.8 Å². The first kappa shape index (κ1) is 21.2. The van der Waals surface area contributed by atoms with Gasteiger partial charge in [-0.05, 0) is 31.0 Å². The molecular formula is C22H25N5O3S. The zero-order chi connectivity index (χ0) is 22.0. The standard InChI is InChI=1S/C22H25N5O3S/c1-25-16-18(31(29,30)27-13-7-4-8-14-27)15-20(25)22(28)26(2)21-12-11-19(23-24-21)17-9-5-3-6-10-17/h3,5-6,9-12,15-16H,4,7-8,13-14H2,1-2H3. The number of carbonyl (C=O) groups excluding carboxylic acids is 1. The minimum Gasteiger partial charge on any atom is -0.345 e. The average molecular weight is 440 g/mol. The van der Waals surface area contributed by atoms with Gasteiger partial charge in [0.15, 0.2) is 5.82 Å². The largest absolute Gasteiger partial charge is 0.345 e. The molecule has 3 aromatic rings. The molecule has 1 aliphatic rings. The average Bonchev–Trinajstić information content (AvgIpc) is 3.22. The van der Waals surface area contributed by atoms with Gasteiger partial charge < -0.3 is 4.57 Å². The number of aryl methyl sites for hydroxylation is 1. The highest BCUT2D eigenvalue weighted by Gasteiger charge is 2.29. The predicted molar refractivity (Wildman–Crippen MR) is 118 cm³/mol.